The second kappa shape index (κ2) is 5.62. The van der Waals surface area contributed by atoms with Gasteiger partial charge < -0.3 is 10.2 Å². The monoisotopic (exact) mass is 313 g/mol. The zero-order valence-electron chi connectivity index (χ0n) is 13.3. The number of carbonyl (C=O) groups excluding carboxylic acids is 2. The maximum absolute atomic E-state index is 12.5. The van der Waals surface area contributed by atoms with Gasteiger partial charge in [0.25, 0.3) is 0 Å². The van der Waals surface area contributed by atoms with Crippen molar-refractivity contribution in [1.82, 2.24) is 9.88 Å². The van der Waals surface area contributed by atoms with Crippen molar-refractivity contribution in [1.29, 1.82) is 0 Å². The van der Waals surface area contributed by atoms with E-state index in [-0.39, 0.29) is 23.2 Å². The van der Waals surface area contributed by atoms with E-state index in [2.05, 4.69) is 10.3 Å². The Morgan fingerprint density at radius 2 is 2.13 bits per heavy atom. The molecule has 2 atom stereocenters. The molecule has 2 heterocycles. The second-order valence-corrected chi connectivity index (χ2v) is 7.34. The van der Waals surface area contributed by atoms with Crippen LogP contribution in [-0.2, 0) is 9.59 Å². The molecule has 1 spiro atoms. The molecule has 0 unspecified atom stereocenters. The number of hydrogen-bond acceptors (Lipinski definition) is 3. The Hall–Kier alpha value is -1.91. The van der Waals surface area contributed by atoms with E-state index in [4.69, 9.17) is 0 Å². The number of nitrogens with one attached hydrogen (secondary N) is 1. The molecule has 4 rings (SSSR count). The van der Waals surface area contributed by atoms with E-state index in [1.165, 1.54) is 12.8 Å². The van der Waals surface area contributed by atoms with Gasteiger partial charge >= 0.3 is 0 Å². The first kappa shape index (κ1) is 14.7. The zero-order valence-corrected chi connectivity index (χ0v) is 13.3. The Morgan fingerprint density at radius 1 is 1.30 bits per heavy atom. The number of rotatable bonds is 3. The van der Waals surface area contributed by atoms with E-state index >= 15 is 0 Å². The normalized spacial score (nSPS) is 29.9. The van der Waals surface area contributed by atoms with Crippen LogP contribution >= 0.6 is 0 Å². The molecule has 2 aliphatic carbocycles. The molecule has 3 fully saturated rings. The standard InChI is InChI=1S/C18H23N3O2/c22-16(20-14-6-3-8-19-11-14)15-10-18(15)7-9-21(12-18)17(23)13-4-1-2-5-13/h3,6,8,11,13,15H,1-2,4-5,7,9-10,12H2,(H,20,22)/t15-,18+/m1/s1. The Labute approximate surface area is 136 Å². The van der Waals surface area contributed by atoms with Gasteiger partial charge in [0.05, 0.1) is 11.9 Å². The molecular weight excluding hydrogens is 290 g/mol. The van der Waals surface area contributed by atoms with Crippen LogP contribution < -0.4 is 5.32 Å². The highest BCUT2D eigenvalue weighted by Gasteiger charge is 2.61. The average molecular weight is 313 g/mol. The zero-order chi connectivity index (χ0) is 15.9. The number of nitrogens with zero attached hydrogens (tertiary/aromatic N) is 2. The molecule has 5 nitrogen and oxygen atoms in total. The highest BCUT2D eigenvalue weighted by molar-refractivity contribution is 5.95. The summed E-state index contributed by atoms with van der Waals surface area (Å²) in [6, 6.07) is 3.67. The highest BCUT2D eigenvalue weighted by Crippen LogP contribution is 2.59. The van der Waals surface area contributed by atoms with Crippen molar-refractivity contribution in [3.63, 3.8) is 0 Å². The van der Waals surface area contributed by atoms with Gasteiger partial charge in [-0.1, -0.05) is 12.8 Å². The highest BCUT2D eigenvalue weighted by atomic mass is 16.2. The number of likely N-dealkylation sites (tertiary alicyclic amines) is 1. The van der Waals surface area contributed by atoms with Gasteiger partial charge in [0.15, 0.2) is 0 Å². The molecule has 1 N–H and O–H groups in total. The summed E-state index contributed by atoms with van der Waals surface area (Å²) in [6.07, 6.45) is 9.71. The van der Waals surface area contributed by atoms with Crippen LogP contribution in [0.5, 0.6) is 0 Å². The number of amides is 2. The van der Waals surface area contributed by atoms with Crippen molar-refractivity contribution >= 4 is 17.5 Å². The number of anilines is 1. The lowest BCUT2D eigenvalue weighted by atomic mass is 10.0. The molecule has 5 heteroatoms. The van der Waals surface area contributed by atoms with Crippen LogP contribution in [0.3, 0.4) is 0 Å². The Balaban J connectivity index is 1.35. The van der Waals surface area contributed by atoms with E-state index in [0.717, 1.165) is 44.5 Å². The third-order valence-electron chi connectivity index (χ3n) is 5.84. The largest absolute Gasteiger partial charge is 0.342 e. The first-order valence-electron chi connectivity index (χ1n) is 8.68. The quantitative estimate of drug-likeness (QED) is 0.932. The minimum atomic E-state index is 0.0422. The summed E-state index contributed by atoms with van der Waals surface area (Å²) in [5.74, 6) is 0.696. The Kier molecular flexibility index (Phi) is 3.58. The van der Waals surface area contributed by atoms with Crippen molar-refractivity contribution < 1.29 is 9.59 Å². The van der Waals surface area contributed by atoms with Crippen LogP contribution in [0.25, 0.3) is 0 Å². The third kappa shape index (κ3) is 2.73. The fourth-order valence-electron chi connectivity index (χ4n) is 4.35. The van der Waals surface area contributed by atoms with Crippen molar-refractivity contribution in [3.8, 4) is 0 Å². The van der Waals surface area contributed by atoms with Gasteiger partial charge in [0.1, 0.15) is 0 Å². The van der Waals surface area contributed by atoms with Crippen LogP contribution in [-0.4, -0.2) is 34.8 Å². The molecule has 0 bridgehead atoms. The summed E-state index contributed by atoms with van der Waals surface area (Å²) in [6.45, 7) is 1.60. The Bertz CT molecular complexity index is 612. The lowest BCUT2D eigenvalue weighted by molar-refractivity contribution is -0.134. The van der Waals surface area contributed by atoms with Crippen LogP contribution in [0.4, 0.5) is 5.69 Å². The predicted molar refractivity (Wildman–Crippen MR) is 86.6 cm³/mol. The van der Waals surface area contributed by atoms with Crippen molar-refractivity contribution in [2.24, 2.45) is 17.3 Å². The molecule has 1 aromatic rings. The van der Waals surface area contributed by atoms with Gasteiger partial charge in [-0.25, -0.2) is 0 Å². The maximum atomic E-state index is 12.5. The molecule has 0 aromatic carbocycles. The van der Waals surface area contributed by atoms with Crippen molar-refractivity contribution in [3.05, 3.63) is 24.5 Å². The second-order valence-electron chi connectivity index (χ2n) is 7.34. The topological polar surface area (TPSA) is 62.3 Å². The van der Waals surface area contributed by atoms with E-state index in [0.29, 0.717) is 5.91 Å². The first-order chi connectivity index (χ1) is 11.2. The van der Waals surface area contributed by atoms with E-state index in [9.17, 15) is 9.59 Å². The molecule has 1 aliphatic heterocycles. The molecule has 2 saturated carbocycles. The summed E-state index contributed by atoms with van der Waals surface area (Å²) >= 11 is 0. The number of pyridine rings is 1. The molecule has 1 aromatic heterocycles. The Morgan fingerprint density at radius 3 is 2.87 bits per heavy atom. The van der Waals surface area contributed by atoms with Crippen molar-refractivity contribution in [2.75, 3.05) is 18.4 Å². The van der Waals surface area contributed by atoms with E-state index in [1.807, 2.05) is 17.0 Å². The first-order valence-corrected chi connectivity index (χ1v) is 8.68. The van der Waals surface area contributed by atoms with Crippen LogP contribution in [0.1, 0.15) is 38.5 Å². The molecule has 23 heavy (non-hydrogen) atoms. The molecule has 2 amide bonds. The van der Waals surface area contributed by atoms with Gasteiger partial charge in [0, 0.05) is 36.5 Å². The third-order valence-corrected chi connectivity index (χ3v) is 5.84. The van der Waals surface area contributed by atoms with Crippen molar-refractivity contribution in [2.45, 2.75) is 38.5 Å². The summed E-state index contributed by atoms with van der Waals surface area (Å²) < 4.78 is 0. The molecule has 3 aliphatic rings. The number of aromatic nitrogens is 1. The van der Waals surface area contributed by atoms with Crippen LogP contribution in [0.2, 0.25) is 0 Å². The molecular formula is C18H23N3O2. The van der Waals surface area contributed by atoms with Gasteiger partial charge in [-0.2, -0.15) is 0 Å². The number of carbonyl (C=O) groups is 2. The minimum absolute atomic E-state index is 0.0422. The SMILES string of the molecule is O=C(Nc1cccnc1)[C@H]1C[C@]12CCN(C(=O)C1CCCC1)C2. The summed E-state index contributed by atoms with van der Waals surface area (Å²) in [5, 5.41) is 2.95. The minimum Gasteiger partial charge on any atom is -0.342 e. The molecule has 122 valence electrons. The molecule has 0 radical (unpaired) electrons. The molecule has 1 saturated heterocycles. The van der Waals surface area contributed by atoms with Gasteiger partial charge in [0.2, 0.25) is 11.8 Å². The number of hydrogen-bond donors (Lipinski definition) is 1. The van der Waals surface area contributed by atoms with E-state index < -0.39 is 0 Å². The van der Waals surface area contributed by atoms with Gasteiger partial charge in [-0.3, -0.25) is 14.6 Å². The van der Waals surface area contributed by atoms with E-state index in [1.54, 1.807) is 12.4 Å². The maximum Gasteiger partial charge on any atom is 0.228 e. The van der Waals surface area contributed by atoms with Crippen LogP contribution in [0, 0.1) is 17.3 Å². The van der Waals surface area contributed by atoms with Crippen LogP contribution in [0.15, 0.2) is 24.5 Å². The fraction of sp³-hybridized carbons (Fsp3) is 0.611. The smallest absolute Gasteiger partial charge is 0.228 e. The fourth-order valence-corrected chi connectivity index (χ4v) is 4.35. The summed E-state index contributed by atoms with van der Waals surface area (Å²) in [7, 11) is 0. The predicted octanol–water partition coefficient (Wildman–Crippen LogP) is 2.45. The average Bonchev–Trinajstić information content (AvgIpc) is 2.94. The lowest BCUT2D eigenvalue weighted by Gasteiger charge is -2.20. The summed E-state index contributed by atoms with van der Waals surface area (Å²) in [4.78, 5) is 31.0. The van der Waals surface area contributed by atoms with Gasteiger partial charge in [-0.05, 0) is 37.8 Å². The van der Waals surface area contributed by atoms with Gasteiger partial charge in [-0.15, -0.1) is 0 Å². The summed E-state index contributed by atoms with van der Waals surface area (Å²) in [5.41, 5.74) is 0.789. The lowest BCUT2D eigenvalue weighted by Crippen LogP contribution is -2.34.